The lowest BCUT2D eigenvalue weighted by Gasteiger charge is -2.14. The Morgan fingerprint density at radius 3 is 3.11 bits per heavy atom. The quantitative estimate of drug-likeness (QED) is 0.844. The molecule has 1 atom stereocenters. The number of hydrogen-bond acceptors (Lipinski definition) is 3. The van der Waals surface area contributed by atoms with Gasteiger partial charge in [0.05, 0.1) is 12.5 Å². The topological polar surface area (TPSA) is 55.1 Å². The summed E-state index contributed by atoms with van der Waals surface area (Å²) in [5.74, 6) is 0.0908. The minimum Gasteiger partial charge on any atom is -0.399 e. The molecule has 1 unspecified atom stereocenters. The molecule has 0 fully saturated rings. The second-order valence-electron chi connectivity index (χ2n) is 4.93. The molecule has 1 amide bonds. The number of hydrogen-bond donors (Lipinski definition) is 2. The Labute approximate surface area is 116 Å². The van der Waals surface area contributed by atoms with Gasteiger partial charge in [0.25, 0.3) is 0 Å². The van der Waals surface area contributed by atoms with Crippen molar-refractivity contribution in [1.29, 1.82) is 0 Å². The maximum atomic E-state index is 12.0. The number of anilines is 1. The van der Waals surface area contributed by atoms with Gasteiger partial charge in [0.15, 0.2) is 0 Å². The normalized spacial score (nSPS) is 17.2. The van der Waals surface area contributed by atoms with Gasteiger partial charge < -0.3 is 11.1 Å². The fraction of sp³-hybridized carbons (Fsp3) is 0.267. The van der Waals surface area contributed by atoms with E-state index in [0.717, 1.165) is 24.1 Å². The second-order valence-corrected chi connectivity index (χ2v) is 5.71. The van der Waals surface area contributed by atoms with Gasteiger partial charge in [-0.2, -0.15) is 11.3 Å². The van der Waals surface area contributed by atoms with Crippen molar-refractivity contribution in [1.82, 2.24) is 5.32 Å². The summed E-state index contributed by atoms with van der Waals surface area (Å²) >= 11 is 1.62. The van der Waals surface area contributed by atoms with E-state index in [1.54, 1.807) is 11.3 Å². The van der Waals surface area contributed by atoms with Crippen LogP contribution in [-0.4, -0.2) is 5.91 Å². The van der Waals surface area contributed by atoms with Crippen molar-refractivity contribution in [2.45, 2.75) is 25.3 Å². The van der Waals surface area contributed by atoms with Gasteiger partial charge in [-0.25, -0.2) is 0 Å². The lowest BCUT2D eigenvalue weighted by molar-refractivity contribution is -0.121. The fourth-order valence-corrected chi connectivity index (χ4v) is 3.28. The molecule has 0 radical (unpaired) electrons. The van der Waals surface area contributed by atoms with Crippen molar-refractivity contribution < 1.29 is 4.79 Å². The number of fused-ring (bicyclic) bond motifs is 1. The van der Waals surface area contributed by atoms with E-state index >= 15 is 0 Å². The van der Waals surface area contributed by atoms with Gasteiger partial charge in [-0.3, -0.25) is 4.79 Å². The molecule has 19 heavy (non-hydrogen) atoms. The van der Waals surface area contributed by atoms with E-state index in [1.807, 2.05) is 35.0 Å². The summed E-state index contributed by atoms with van der Waals surface area (Å²) in [6.07, 6.45) is 2.42. The number of thiophene rings is 1. The van der Waals surface area contributed by atoms with E-state index in [1.165, 1.54) is 11.1 Å². The number of rotatable bonds is 3. The third kappa shape index (κ3) is 2.63. The van der Waals surface area contributed by atoms with Crippen LogP contribution in [0.5, 0.6) is 0 Å². The van der Waals surface area contributed by atoms with Gasteiger partial charge in [0, 0.05) is 5.69 Å². The van der Waals surface area contributed by atoms with E-state index in [4.69, 9.17) is 5.73 Å². The highest BCUT2D eigenvalue weighted by Gasteiger charge is 2.23. The molecule has 1 aromatic heterocycles. The molecule has 3 nitrogen and oxygen atoms in total. The molecule has 3 N–H and O–H groups in total. The van der Waals surface area contributed by atoms with E-state index in [-0.39, 0.29) is 11.9 Å². The monoisotopic (exact) mass is 272 g/mol. The molecule has 0 saturated carbocycles. The van der Waals surface area contributed by atoms with Crippen LogP contribution in [0, 0.1) is 0 Å². The van der Waals surface area contributed by atoms with Crippen LogP contribution in [0.25, 0.3) is 0 Å². The Bertz CT molecular complexity index is 592. The summed E-state index contributed by atoms with van der Waals surface area (Å²) in [6, 6.07) is 8.09. The van der Waals surface area contributed by atoms with Gasteiger partial charge in [-0.1, -0.05) is 6.07 Å². The number of nitrogens with two attached hydrogens (primary N) is 1. The number of aryl methyl sites for hydroxylation is 1. The van der Waals surface area contributed by atoms with E-state index in [0.29, 0.717) is 6.42 Å². The van der Waals surface area contributed by atoms with E-state index in [9.17, 15) is 4.79 Å². The van der Waals surface area contributed by atoms with E-state index in [2.05, 4.69) is 5.32 Å². The molecule has 2 aromatic rings. The molecule has 98 valence electrons. The highest BCUT2D eigenvalue weighted by atomic mass is 32.1. The highest BCUT2D eigenvalue weighted by molar-refractivity contribution is 7.07. The summed E-state index contributed by atoms with van der Waals surface area (Å²) < 4.78 is 0. The molecular formula is C15H16N2OS. The minimum atomic E-state index is 0.0908. The van der Waals surface area contributed by atoms with Crippen molar-refractivity contribution in [3.05, 3.63) is 51.7 Å². The van der Waals surface area contributed by atoms with E-state index < -0.39 is 0 Å². The standard InChI is InChI=1S/C15H16N2OS/c16-12-2-3-13-11(8-12)1-4-14(13)17-15(18)7-10-5-6-19-9-10/h2-3,5-6,8-9,14H,1,4,7,16H2,(H,17,18). The van der Waals surface area contributed by atoms with Crippen molar-refractivity contribution in [2.24, 2.45) is 0 Å². The van der Waals surface area contributed by atoms with Crippen LogP contribution in [0.3, 0.4) is 0 Å². The van der Waals surface area contributed by atoms with Gasteiger partial charge in [0.2, 0.25) is 5.91 Å². The third-order valence-corrected chi connectivity index (χ3v) is 4.26. The fourth-order valence-electron chi connectivity index (χ4n) is 2.61. The number of amides is 1. The van der Waals surface area contributed by atoms with Crippen LogP contribution in [0.1, 0.15) is 29.2 Å². The lowest BCUT2D eigenvalue weighted by atomic mass is 10.1. The zero-order valence-electron chi connectivity index (χ0n) is 10.6. The largest absolute Gasteiger partial charge is 0.399 e. The van der Waals surface area contributed by atoms with Gasteiger partial charge >= 0.3 is 0 Å². The first kappa shape index (κ1) is 12.2. The zero-order chi connectivity index (χ0) is 13.2. The van der Waals surface area contributed by atoms with Crippen LogP contribution in [0.2, 0.25) is 0 Å². The summed E-state index contributed by atoms with van der Waals surface area (Å²) in [6.45, 7) is 0. The van der Waals surface area contributed by atoms with Crippen molar-refractivity contribution >= 4 is 22.9 Å². The smallest absolute Gasteiger partial charge is 0.224 e. The van der Waals surface area contributed by atoms with Crippen LogP contribution >= 0.6 is 11.3 Å². The maximum absolute atomic E-state index is 12.0. The van der Waals surface area contributed by atoms with Gasteiger partial charge in [0.1, 0.15) is 0 Å². The molecule has 1 aliphatic rings. The molecule has 1 heterocycles. The molecule has 0 saturated heterocycles. The first-order valence-corrected chi connectivity index (χ1v) is 7.35. The number of carbonyl (C=O) groups excluding carboxylic acids is 1. The number of benzene rings is 1. The van der Waals surface area contributed by atoms with Gasteiger partial charge in [-0.05, 0) is 58.5 Å². The highest BCUT2D eigenvalue weighted by Crippen LogP contribution is 2.32. The molecule has 0 bridgehead atoms. The minimum absolute atomic E-state index is 0.0908. The second kappa shape index (κ2) is 5.05. The number of carbonyl (C=O) groups is 1. The lowest BCUT2D eigenvalue weighted by Crippen LogP contribution is -2.28. The Morgan fingerprint density at radius 1 is 1.42 bits per heavy atom. The Kier molecular flexibility index (Phi) is 3.25. The number of nitrogens with one attached hydrogen (secondary N) is 1. The average molecular weight is 272 g/mol. The number of nitrogen functional groups attached to an aromatic ring is 1. The Balaban J connectivity index is 1.67. The molecular weight excluding hydrogens is 256 g/mol. The van der Waals surface area contributed by atoms with Gasteiger partial charge in [-0.15, -0.1) is 0 Å². The van der Waals surface area contributed by atoms with Crippen molar-refractivity contribution in [2.75, 3.05) is 5.73 Å². The molecule has 3 rings (SSSR count). The summed E-state index contributed by atoms with van der Waals surface area (Å²) in [4.78, 5) is 12.0. The third-order valence-electron chi connectivity index (χ3n) is 3.52. The molecule has 4 heteroatoms. The molecule has 0 spiro atoms. The van der Waals surface area contributed by atoms with Crippen LogP contribution < -0.4 is 11.1 Å². The molecule has 1 aromatic carbocycles. The Morgan fingerprint density at radius 2 is 2.32 bits per heavy atom. The first-order chi connectivity index (χ1) is 9.22. The summed E-state index contributed by atoms with van der Waals surface area (Å²) in [5, 5.41) is 7.13. The summed E-state index contributed by atoms with van der Waals surface area (Å²) in [7, 11) is 0. The molecule has 0 aliphatic heterocycles. The predicted molar refractivity (Wildman–Crippen MR) is 78.1 cm³/mol. The average Bonchev–Trinajstić information content (AvgIpc) is 2.99. The Hall–Kier alpha value is -1.81. The zero-order valence-corrected chi connectivity index (χ0v) is 11.4. The van der Waals surface area contributed by atoms with Crippen LogP contribution in [-0.2, 0) is 17.6 Å². The maximum Gasteiger partial charge on any atom is 0.224 e. The molecule has 1 aliphatic carbocycles. The van der Waals surface area contributed by atoms with Crippen LogP contribution in [0.4, 0.5) is 5.69 Å². The van der Waals surface area contributed by atoms with Crippen molar-refractivity contribution in [3.8, 4) is 0 Å². The van der Waals surface area contributed by atoms with Crippen molar-refractivity contribution in [3.63, 3.8) is 0 Å². The SMILES string of the molecule is Nc1ccc2c(c1)CCC2NC(=O)Cc1ccsc1. The van der Waals surface area contributed by atoms with Crippen LogP contribution in [0.15, 0.2) is 35.0 Å². The predicted octanol–water partition coefficient (Wildman–Crippen LogP) is 2.68. The first-order valence-electron chi connectivity index (χ1n) is 6.41. The summed E-state index contributed by atoms with van der Waals surface area (Å²) in [5.41, 5.74) is 10.1.